The van der Waals surface area contributed by atoms with Crippen molar-refractivity contribution in [2.75, 3.05) is 42.6 Å². The molecule has 3 aromatic rings. The maximum Gasteiger partial charge on any atom is 0.251 e. The molecule has 0 saturated carbocycles. The van der Waals surface area contributed by atoms with Crippen LogP contribution in [-0.2, 0) is 0 Å². The minimum atomic E-state index is -0.642. The average Bonchev–Trinajstić information content (AvgIpc) is 3.46. The number of nitrogens with zero attached hydrogens (tertiary/aromatic N) is 4. The summed E-state index contributed by atoms with van der Waals surface area (Å²) in [6.07, 6.45) is 4.07. The summed E-state index contributed by atoms with van der Waals surface area (Å²) in [5.41, 5.74) is 1.48. The molecule has 3 heterocycles. The van der Waals surface area contributed by atoms with Crippen molar-refractivity contribution in [3.8, 4) is 0 Å². The molecule has 3 atom stereocenters. The van der Waals surface area contributed by atoms with Crippen molar-refractivity contribution >= 4 is 37.7 Å². The van der Waals surface area contributed by atoms with Gasteiger partial charge in [0, 0.05) is 44.5 Å². The van der Waals surface area contributed by atoms with Crippen LogP contribution in [0.15, 0.2) is 36.8 Å². The number of carbonyl (C=O) groups excluding carboxylic acids is 1. The number of aromatic amines is 1. The van der Waals surface area contributed by atoms with Crippen LogP contribution in [-0.4, -0.2) is 71.0 Å². The Morgan fingerprint density at radius 1 is 1.45 bits per heavy atom. The molecule has 2 aromatic heterocycles. The van der Waals surface area contributed by atoms with E-state index in [1.165, 1.54) is 6.07 Å². The van der Waals surface area contributed by atoms with Gasteiger partial charge in [-0.1, -0.05) is 0 Å². The predicted octanol–water partition coefficient (Wildman–Crippen LogP) is 1.78. The zero-order valence-electron chi connectivity index (χ0n) is 17.3. The summed E-state index contributed by atoms with van der Waals surface area (Å²) >= 11 is 0. The summed E-state index contributed by atoms with van der Waals surface area (Å²) in [6.45, 7) is 1.65. The molecule has 1 saturated heterocycles. The van der Waals surface area contributed by atoms with E-state index in [0.29, 0.717) is 18.4 Å². The number of likely N-dealkylation sites (N-methyl/N-ethyl adjacent to an activating group) is 1. The normalized spacial score (nSPS) is 17.2. The molecule has 0 aliphatic carbocycles. The Morgan fingerprint density at radius 3 is 3.06 bits per heavy atom. The Kier molecular flexibility index (Phi) is 6.34. The van der Waals surface area contributed by atoms with Gasteiger partial charge in [0.05, 0.1) is 17.2 Å². The topological polar surface area (TPSA) is 97.4 Å². The number of nitrogens with one attached hydrogen (secondary N) is 2. The number of aliphatic hydroxyl groups excluding tert-OH is 1. The Morgan fingerprint density at radius 2 is 2.29 bits per heavy atom. The highest BCUT2D eigenvalue weighted by molar-refractivity contribution is 7.16. The van der Waals surface area contributed by atoms with E-state index >= 15 is 0 Å². The molecule has 31 heavy (non-hydrogen) atoms. The van der Waals surface area contributed by atoms with Gasteiger partial charge in [-0.15, -0.1) is 9.24 Å². The smallest absolute Gasteiger partial charge is 0.251 e. The number of hydrogen-bond acceptors (Lipinski definition) is 6. The molecule has 1 aliphatic rings. The summed E-state index contributed by atoms with van der Waals surface area (Å²) in [6, 6.07) is 6.56. The Labute approximate surface area is 182 Å². The number of fused-ring (bicyclic) bond motifs is 1. The van der Waals surface area contributed by atoms with Crippen molar-refractivity contribution in [2.24, 2.45) is 0 Å². The fourth-order valence-corrected chi connectivity index (χ4v) is 4.05. The van der Waals surface area contributed by atoms with E-state index in [0.717, 1.165) is 29.8 Å². The Hall–Kier alpha value is -2.77. The summed E-state index contributed by atoms with van der Waals surface area (Å²) < 4.78 is 14.9. The number of amides is 1. The molecular weight excluding hydrogens is 418 g/mol. The highest BCUT2D eigenvalue weighted by Gasteiger charge is 2.29. The van der Waals surface area contributed by atoms with E-state index in [1.54, 1.807) is 18.5 Å². The van der Waals surface area contributed by atoms with Crippen molar-refractivity contribution in [1.82, 2.24) is 20.3 Å². The predicted molar refractivity (Wildman–Crippen MR) is 122 cm³/mol. The monoisotopic (exact) mass is 444 g/mol. The average molecular weight is 444 g/mol. The lowest BCUT2D eigenvalue weighted by Crippen LogP contribution is -2.35. The van der Waals surface area contributed by atoms with Gasteiger partial charge in [0.15, 0.2) is 0 Å². The van der Waals surface area contributed by atoms with Crippen LogP contribution in [0.2, 0.25) is 0 Å². The van der Waals surface area contributed by atoms with E-state index < -0.39 is 17.8 Å². The number of benzene rings is 1. The first-order valence-electron chi connectivity index (χ1n) is 10.2. The number of H-pyrrole nitrogens is 1. The van der Waals surface area contributed by atoms with E-state index in [-0.39, 0.29) is 18.2 Å². The molecule has 3 N–H and O–H groups in total. The lowest BCUT2D eigenvalue weighted by molar-refractivity contribution is 0.0925. The molecule has 4 rings (SSSR count). The number of aliphatic hydroxyl groups is 1. The van der Waals surface area contributed by atoms with Crippen LogP contribution in [0.25, 0.3) is 11.0 Å². The van der Waals surface area contributed by atoms with Gasteiger partial charge in [-0.3, -0.25) is 4.79 Å². The van der Waals surface area contributed by atoms with Crippen LogP contribution < -0.4 is 15.1 Å². The van der Waals surface area contributed by atoms with Crippen molar-refractivity contribution in [3.63, 3.8) is 0 Å². The number of rotatable bonds is 7. The number of anilines is 2. The van der Waals surface area contributed by atoms with Gasteiger partial charge >= 0.3 is 0 Å². The molecule has 1 fully saturated rings. The first-order valence-corrected chi connectivity index (χ1v) is 11.0. The van der Waals surface area contributed by atoms with Crippen LogP contribution in [0.1, 0.15) is 16.8 Å². The third-order valence-electron chi connectivity index (χ3n) is 5.70. The SMILES string of the molecule is CN(c1ccc(C(=O)NC[C@H](O)CP)cc1F)[C@@H]1CCN(c2ncnc3[nH]ccc23)C1. The van der Waals surface area contributed by atoms with Crippen molar-refractivity contribution in [1.29, 1.82) is 0 Å². The van der Waals surface area contributed by atoms with Crippen molar-refractivity contribution in [3.05, 3.63) is 48.2 Å². The van der Waals surface area contributed by atoms with E-state index in [4.69, 9.17) is 0 Å². The molecule has 10 heteroatoms. The standard InChI is InChI=1S/C21H26FN6O2P/c1-27(18-3-2-13(8-17(18)22)21(30)24-9-15(29)11-31)14-5-7-28(10-14)20-16-4-6-23-19(16)25-12-26-20/h2-4,6,8,12,14-15,29H,5,7,9-11,31H2,1H3,(H,24,30)(H,23,25,26)/t14-,15+/m1/s1. The van der Waals surface area contributed by atoms with E-state index in [9.17, 15) is 14.3 Å². The van der Waals surface area contributed by atoms with Crippen LogP contribution in [0.3, 0.4) is 0 Å². The zero-order chi connectivity index (χ0) is 22.0. The van der Waals surface area contributed by atoms with Crippen molar-refractivity contribution in [2.45, 2.75) is 18.6 Å². The number of aromatic nitrogens is 3. The highest BCUT2D eigenvalue weighted by Crippen LogP contribution is 2.29. The third-order valence-corrected chi connectivity index (χ3v) is 6.25. The fourth-order valence-electron chi connectivity index (χ4n) is 3.89. The van der Waals surface area contributed by atoms with Crippen LogP contribution in [0.4, 0.5) is 15.9 Å². The lowest BCUT2D eigenvalue weighted by atomic mass is 10.1. The first-order chi connectivity index (χ1) is 15.0. The van der Waals surface area contributed by atoms with Gasteiger partial charge in [-0.05, 0) is 36.8 Å². The van der Waals surface area contributed by atoms with E-state index in [2.05, 4.69) is 34.4 Å². The quantitative estimate of drug-likeness (QED) is 0.481. The summed E-state index contributed by atoms with van der Waals surface area (Å²) in [5.74, 6) is 0.0227. The van der Waals surface area contributed by atoms with Crippen molar-refractivity contribution < 1.29 is 14.3 Å². The molecule has 1 aromatic carbocycles. The van der Waals surface area contributed by atoms with Crippen LogP contribution >= 0.6 is 9.24 Å². The molecule has 164 valence electrons. The molecule has 0 bridgehead atoms. The van der Waals surface area contributed by atoms with Gasteiger partial charge < -0.3 is 25.2 Å². The lowest BCUT2D eigenvalue weighted by Gasteiger charge is -2.27. The first kappa shape index (κ1) is 21.5. The summed E-state index contributed by atoms with van der Waals surface area (Å²) in [4.78, 5) is 28.1. The van der Waals surface area contributed by atoms with Crippen LogP contribution in [0.5, 0.6) is 0 Å². The number of carbonyl (C=O) groups is 1. The fraction of sp³-hybridized carbons (Fsp3) is 0.381. The molecular formula is C21H26FN6O2P. The second-order valence-electron chi connectivity index (χ2n) is 7.70. The molecule has 0 radical (unpaired) electrons. The second-order valence-corrected chi connectivity index (χ2v) is 8.17. The molecule has 0 spiro atoms. The van der Waals surface area contributed by atoms with Gasteiger partial charge in [0.25, 0.3) is 5.91 Å². The largest absolute Gasteiger partial charge is 0.391 e. The van der Waals surface area contributed by atoms with Gasteiger partial charge in [0.1, 0.15) is 23.6 Å². The zero-order valence-corrected chi connectivity index (χ0v) is 18.4. The maximum absolute atomic E-state index is 14.9. The summed E-state index contributed by atoms with van der Waals surface area (Å²) in [5, 5.41) is 13.2. The number of halogens is 1. The second kappa shape index (κ2) is 9.16. The molecule has 1 unspecified atom stereocenters. The van der Waals surface area contributed by atoms with Crippen LogP contribution in [0, 0.1) is 5.82 Å². The molecule has 8 nitrogen and oxygen atoms in total. The van der Waals surface area contributed by atoms with E-state index in [1.807, 2.05) is 24.2 Å². The maximum atomic E-state index is 14.9. The van der Waals surface area contributed by atoms with Gasteiger partial charge in [-0.2, -0.15) is 0 Å². The Bertz CT molecular complexity index is 1080. The minimum absolute atomic E-state index is 0.107. The van der Waals surface area contributed by atoms with Gasteiger partial charge in [-0.25, -0.2) is 14.4 Å². The Balaban J connectivity index is 1.44. The third kappa shape index (κ3) is 4.48. The molecule has 1 aliphatic heterocycles. The number of hydrogen-bond donors (Lipinski definition) is 3. The summed E-state index contributed by atoms with van der Waals surface area (Å²) in [7, 11) is 4.28. The minimum Gasteiger partial charge on any atom is -0.391 e. The van der Waals surface area contributed by atoms with Gasteiger partial charge in [0.2, 0.25) is 0 Å². The molecule has 1 amide bonds. The highest BCUT2D eigenvalue weighted by atomic mass is 31.0.